The summed E-state index contributed by atoms with van der Waals surface area (Å²) in [6.07, 6.45) is 1.07. The summed E-state index contributed by atoms with van der Waals surface area (Å²) in [6, 6.07) is 5.11. The van der Waals surface area contributed by atoms with Crippen molar-refractivity contribution in [3.63, 3.8) is 0 Å². The second-order valence-electron chi connectivity index (χ2n) is 5.74. The Labute approximate surface area is 116 Å². The van der Waals surface area contributed by atoms with Crippen molar-refractivity contribution in [3.8, 4) is 0 Å². The van der Waals surface area contributed by atoms with Crippen molar-refractivity contribution in [1.82, 2.24) is 4.90 Å². The molecule has 1 saturated heterocycles. The highest BCUT2D eigenvalue weighted by Gasteiger charge is 2.34. The third-order valence-corrected chi connectivity index (χ3v) is 4.17. The molecule has 1 aromatic carbocycles. The molecule has 0 bridgehead atoms. The molecule has 2 N–H and O–H groups in total. The van der Waals surface area contributed by atoms with Gasteiger partial charge in [-0.05, 0) is 43.9 Å². The first-order valence-corrected chi connectivity index (χ1v) is 7.11. The van der Waals surface area contributed by atoms with Crippen LogP contribution in [0.25, 0.3) is 0 Å². The molecule has 1 heterocycles. The van der Waals surface area contributed by atoms with Crippen molar-refractivity contribution in [3.05, 3.63) is 34.4 Å². The molecule has 3 nitrogen and oxygen atoms in total. The summed E-state index contributed by atoms with van der Waals surface area (Å²) < 4.78 is 5.22. The minimum Gasteiger partial charge on any atom is -0.383 e. The maximum atomic E-state index is 6.37. The second-order valence-corrected chi connectivity index (χ2v) is 5.74. The maximum absolute atomic E-state index is 6.37. The van der Waals surface area contributed by atoms with Gasteiger partial charge >= 0.3 is 0 Å². The highest BCUT2D eigenvalue weighted by molar-refractivity contribution is 5.41. The van der Waals surface area contributed by atoms with E-state index >= 15 is 0 Å². The Hall–Kier alpha value is -0.900. The van der Waals surface area contributed by atoms with Gasteiger partial charge in [0, 0.05) is 26.2 Å². The minimum absolute atomic E-state index is 0.233. The Morgan fingerprint density at radius 2 is 1.89 bits per heavy atom. The SMILES string of the molecule is COCCN1CCC(N)C1c1c(C)cc(C)cc1C. The zero-order valence-corrected chi connectivity index (χ0v) is 12.6. The van der Waals surface area contributed by atoms with Gasteiger partial charge in [0.15, 0.2) is 0 Å². The molecule has 2 rings (SSSR count). The van der Waals surface area contributed by atoms with Crippen LogP contribution in [0.15, 0.2) is 12.1 Å². The number of aryl methyl sites for hydroxylation is 3. The lowest BCUT2D eigenvalue weighted by atomic mass is 9.91. The molecule has 0 radical (unpaired) electrons. The molecule has 1 aliphatic heterocycles. The van der Waals surface area contributed by atoms with Crippen LogP contribution in [0.5, 0.6) is 0 Å². The first kappa shape index (κ1) is 14.5. The highest BCUT2D eigenvalue weighted by atomic mass is 16.5. The predicted molar refractivity (Wildman–Crippen MR) is 79.4 cm³/mol. The molecule has 0 aliphatic carbocycles. The van der Waals surface area contributed by atoms with E-state index in [0.29, 0.717) is 6.04 Å². The predicted octanol–water partition coefficient (Wildman–Crippen LogP) is 2.33. The van der Waals surface area contributed by atoms with E-state index in [1.165, 1.54) is 22.3 Å². The third-order valence-electron chi connectivity index (χ3n) is 4.17. The lowest BCUT2D eigenvalue weighted by Crippen LogP contribution is -2.34. The van der Waals surface area contributed by atoms with Crippen LogP contribution in [0.3, 0.4) is 0 Å². The molecular formula is C16H26N2O. The maximum Gasteiger partial charge on any atom is 0.0589 e. The number of rotatable bonds is 4. The fourth-order valence-corrected chi connectivity index (χ4v) is 3.40. The Kier molecular flexibility index (Phi) is 4.61. The highest BCUT2D eigenvalue weighted by Crippen LogP contribution is 2.35. The number of hydrogen-bond acceptors (Lipinski definition) is 3. The normalized spacial score (nSPS) is 24.1. The lowest BCUT2D eigenvalue weighted by Gasteiger charge is -2.29. The van der Waals surface area contributed by atoms with E-state index in [4.69, 9.17) is 10.5 Å². The fourth-order valence-electron chi connectivity index (χ4n) is 3.40. The zero-order chi connectivity index (χ0) is 14.0. The molecule has 0 aromatic heterocycles. The van der Waals surface area contributed by atoms with Crippen molar-refractivity contribution in [2.24, 2.45) is 5.73 Å². The minimum atomic E-state index is 0.233. The van der Waals surface area contributed by atoms with Crippen LogP contribution in [0.2, 0.25) is 0 Å². The van der Waals surface area contributed by atoms with Crippen molar-refractivity contribution in [1.29, 1.82) is 0 Å². The summed E-state index contributed by atoms with van der Waals surface area (Å²) in [5.41, 5.74) is 11.8. The van der Waals surface area contributed by atoms with Gasteiger partial charge in [0.2, 0.25) is 0 Å². The first-order valence-electron chi connectivity index (χ1n) is 7.11. The molecule has 2 unspecified atom stereocenters. The summed E-state index contributed by atoms with van der Waals surface area (Å²) in [6.45, 7) is 9.36. The number of likely N-dealkylation sites (tertiary alicyclic amines) is 1. The van der Waals surface area contributed by atoms with E-state index < -0.39 is 0 Å². The van der Waals surface area contributed by atoms with E-state index in [9.17, 15) is 0 Å². The Morgan fingerprint density at radius 1 is 1.26 bits per heavy atom. The van der Waals surface area contributed by atoms with Crippen LogP contribution in [0.1, 0.15) is 34.7 Å². The van der Waals surface area contributed by atoms with Crippen molar-refractivity contribution in [2.75, 3.05) is 26.8 Å². The standard InChI is InChI=1S/C16H26N2O/c1-11-9-12(2)15(13(3)10-11)16-14(17)5-6-18(16)7-8-19-4/h9-10,14,16H,5-8,17H2,1-4H3. The molecule has 3 heteroatoms. The number of hydrogen-bond donors (Lipinski definition) is 1. The molecule has 19 heavy (non-hydrogen) atoms. The van der Waals surface area contributed by atoms with E-state index in [2.05, 4.69) is 37.8 Å². The molecule has 1 aromatic rings. The van der Waals surface area contributed by atoms with Crippen LogP contribution < -0.4 is 5.73 Å². The van der Waals surface area contributed by atoms with Gasteiger partial charge < -0.3 is 10.5 Å². The molecule has 0 spiro atoms. The summed E-state index contributed by atoms with van der Waals surface area (Å²) in [7, 11) is 1.76. The summed E-state index contributed by atoms with van der Waals surface area (Å²) in [5, 5.41) is 0. The summed E-state index contributed by atoms with van der Waals surface area (Å²) in [5.74, 6) is 0. The van der Waals surface area contributed by atoms with E-state index in [-0.39, 0.29) is 6.04 Å². The number of ether oxygens (including phenoxy) is 1. The monoisotopic (exact) mass is 262 g/mol. The van der Waals surface area contributed by atoms with Crippen molar-refractivity contribution in [2.45, 2.75) is 39.3 Å². The first-order chi connectivity index (χ1) is 9.04. The summed E-state index contributed by atoms with van der Waals surface area (Å²) >= 11 is 0. The van der Waals surface area contributed by atoms with Crippen LogP contribution >= 0.6 is 0 Å². The van der Waals surface area contributed by atoms with Crippen LogP contribution in [-0.2, 0) is 4.74 Å². The lowest BCUT2D eigenvalue weighted by molar-refractivity contribution is 0.138. The van der Waals surface area contributed by atoms with Crippen LogP contribution in [-0.4, -0.2) is 37.7 Å². The van der Waals surface area contributed by atoms with Gasteiger partial charge in [0.1, 0.15) is 0 Å². The molecular weight excluding hydrogens is 236 g/mol. The average molecular weight is 262 g/mol. The largest absolute Gasteiger partial charge is 0.383 e. The number of nitrogens with zero attached hydrogens (tertiary/aromatic N) is 1. The van der Waals surface area contributed by atoms with Crippen LogP contribution in [0, 0.1) is 20.8 Å². The van der Waals surface area contributed by atoms with Gasteiger partial charge in [-0.25, -0.2) is 0 Å². The Morgan fingerprint density at radius 3 is 2.47 bits per heavy atom. The third kappa shape index (κ3) is 2.99. The van der Waals surface area contributed by atoms with Gasteiger partial charge in [-0.3, -0.25) is 4.90 Å². The topological polar surface area (TPSA) is 38.5 Å². The van der Waals surface area contributed by atoms with Gasteiger partial charge in [-0.15, -0.1) is 0 Å². The smallest absolute Gasteiger partial charge is 0.0589 e. The van der Waals surface area contributed by atoms with E-state index in [1.807, 2.05) is 0 Å². The van der Waals surface area contributed by atoms with Crippen LogP contribution in [0.4, 0.5) is 0 Å². The Balaban J connectivity index is 2.32. The second kappa shape index (κ2) is 6.04. The van der Waals surface area contributed by atoms with E-state index in [0.717, 1.165) is 26.1 Å². The molecule has 2 atom stereocenters. The van der Waals surface area contributed by atoms with Gasteiger partial charge in [0.05, 0.1) is 12.6 Å². The number of benzene rings is 1. The molecule has 1 fully saturated rings. The molecule has 106 valence electrons. The fraction of sp³-hybridized carbons (Fsp3) is 0.625. The Bertz CT molecular complexity index is 421. The van der Waals surface area contributed by atoms with Gasteiger partial charge in [0.25, 0.3) is 0 Å². The van der Waals surface area contributed by atoms with Gasteiger partial charge in [-0.2, -0.15) is 0 Å². The zero-order valence-electron chi connectivity index (χ0n) is 12.6. The number of methoxy groups -OCH3 is 1. The molecule has 0 saturated carbocycles. The molecule has 0 amide bonds. The van der Waals surface area contributed by atoms with Gasteiger partial charge in [-0.1, -0.05) is 17.7 Å². The summed E-state index contributed by atoms with van der Waals surface area (Å²) in [4.78, 5) is 2.47. The average Bonchev–Trinajstić information content (AvgIpc) is 2.68. The molecule has 1 aliphatic rings. The van der Waals surface area contributed by atoms with Crippen molar-refractivity contribution >= 4 is 0 Å². The van der Waals surface area contributed by atoms with E-state index in [1.54, 1.807) is 7.11 Å². The quantitative estimate of drug-likeness (QED) is 0.905. The number of nitrogens with two attached hydrogens (primary N) is 1. The van der Waals surface area contributed by atoms with Crippen molar-refractivity contribution < 1.29 is 4.74 Å².